The van der Waals surface area contributed by atoms with E-state index < -0.39 is 0 Å². The molecule has 4 aromatic rings. The Balaban J connectivity index is 1.68. The van der Waals surface area contributed by atoms with Crippen LogP contribution in [0.4, 0.5) is 5.69 Å². The van der Waals surface area contributed by atoms with Crippen molar-refractivity contribution in [3.05, 3.63) is 103 Å². The van der Waals surface area contributed by atoms with Crippen LogP contribution in [0.15, 0.2) is 91.5 Å². The third-order valence-electron chi connectivity index (χ3n) is 4.61. The van der Waals surface area contributed by atoms with E-state index in [2.05, 4.69) is 22.1 Å². The number of nitrogens with zero attached hydrogens (tertiary/aromatic N) is 4. The summed E-state index contributed by atoms with van der Waals surface area (Å²) in [4.78, 5) is 23.4. The first kappa shape index (κ1) is 17.7. The molecule has 138 valence electrons. The van der Waals surface area contributed by atoms with Crippen molar-refractivity contribution in [2.75, 3.05) is 4.90 Å². The second-order valence-corrected chi connectivity index (χ2v) is 6.52. The normalized spacial score (nSPS) is 10.6. The maximum Gasteiger partial charge on any atom is 0.276 e. The number of aryl methyl sites for hydroxylation is 1. The van der Waals surface area contributed by atoms with Crippen LogP contribution in [-0.4, -0.2) is 20.4 Å². The standard InChI is InChI=1S/C23H20N4O/c1-26-17-24-15-22(26)23(28)27(16-20-9-5-6-14-25-20)21-12-10-19(11-13-21)18-7-3-2-4-8-18/h2-15,17H,16H2,1H3. The maximum absolute atomic E-state index is 13.2. The Morgan fingerprint density at radius 3 is 2.29 bits per heavy atom. The zero-order chi connectivity index (χ0) is 19.3. The second-order valence-electron chi connectivity index (χ2n) is 6.52. The average molecular weight is 368 g/mol. The highest BCUT2D eigenvalue weighted by Gasteiger charge is 2.21. The van der Waals surface area contributed by atoms with E-state index in [1.807, 2.05) is 67.7 Å². The van der Waals surface area contributed by atoms with Gasteiger partial charge in [-0.05, 0) is 35.4 Å². The Hall–Kier alpha value is -3.73. The van der Waals surface area contributed by atoms with Gasteiger partial charge in [0.2, 0.25) is 0 Å². The Bertz CT molecular complexity index is 1060. The quantitative estimate of drug-likeness (QED) is 0.527. The third kappa shape index (κ3) is 3.69. The molecule has 1 amide bonds. The number of imidazole rings is 1. The summed E-state index contributed by atoms with van der Waals surface area (Å²) in [5, 5.41) is 0. The molecule has 0 saturated heterocycles. The molecule has 4 rings (SSSR count). The fourth-order valence-corrected chi connectivity index (χ4v) is 3.10. The summed E-state index contributed by atoms with van der Waals surface area (Å²) < 4.78 is 1.73. The van der Waals surface area contributed by atoms with Crippen molar-refractivity contribution in [3.63, 3.8) is 0 Å². The largest absolute Gasteiger partial charge is 0.330 e. The topological polar surface area (TPSA) is 51.0 Å². The number of pyridine rings is 1. The molecular formula is C23H20N4O. The van der Waals surface area contributed by atoms with Crippen molar-refractivity contribution in [2.24, 2.45) is 7.05 Å². The summed E-state index contributed by atoms with van der Waals surface area (Å²) in [5.74, 6) is -0.113. The fraction of sp³-hybridized carbons (Fsp3) is 0.0870. The lowest BCUT2D eigenvalue weighted by Gasteiger charge is -2.23. The summed E-state index contributed by atoms with van der Waals surface area (Å²) in [6, 6.07) is 23.9. The maximum atomic E-state index is 13.2. The molecule has 0 N–H and O–H groups in total. The van der Waals surface area contributed by atoms with Gasteiger partial charge in [-0.2, -0.15) is 0 Å². The molecule has 5 nitrogen and oxygen atoms in total. The van der Waals surface area contributed by atoms with Gasteiger partial charge in [-0.1, -0.05) is 48.5 Å². The van der Waals surface area contributed by atoms with Crippen molar-refractivity contribution < 1.29 is 4.79 Å². The van der Waals surface area contributed by atoms with Crippen LogP contribution in [0.1, 0.15) is 16.2 Å². The lowest BCUT2D eigenvalue weighted by molar-refractivity contribution is 0.0977. The van der Waals surface area contributed by atoms with Gasteiger partial charge in [0.1, 0.15) is 5.69 Å². The van der Waals surface area contributed by atoms with Crippen LogP contribution in [-0.2, 0) is 13.6 Å². The van der Waals surface area contributed by atoms with E-state index >= 15 is 0 Å². The molecule has 0 aliphatic carbocycles. The minimum atomic E-state index is -0.113. The summed E-state index contributed by atoms with van der Waals surface area (Å²) in [5.41, 5.74) is 4.42. The Labute approximate surface area is 163 Å². The number of carbonyl (C=O) groups is 1. The van der Waals surface area contributed by atoms with Crippen molar-refractivity contribution >= 4 is 11.6 Å². The molecule has 2 aromatic carbocycles. The summed E-state index contributed by atoms with van der Waals surface area (Å²) in [6.07, 6.45) is 4.96. The van der Waals surface area contributed by atoms with E-state index in [1.165, 1.54) is 0 Å². The highest BCUT2D eigenvalue weighted by Crippen LogP contribution is 2.25. The van der Waals surface area contributed by atoms with Gasteiger partial charge in [-0.15, -0.1) is 0 Å². The monoisotopic (exact) mass is 368 g/mol. The Morgan fingerprint density at radius 2 is 1.64 bits per heavy atom. The molecule has 0 bridgehead atoms. The molecular weight excluding hydrogens is 348 g/mol. The summed E-state index contributed by atoms with van der Waals surface area (Å²) in [6.45, 7) is 0.384. The van der Waals surface area contributed by atoms with Crippen LogP contribution in [0, 0.1) is 0 Å². The Morgan fingerprint density at radius 1 is 0.929 bits per heavy atom. The lowest BCUT2D eigenvalue weighted by Crippen LogP contribution is -2.32. The number of amides is 1. The van der Waals surface area contributed by atoms with Gasteiger partial charge in [0, 0.05) is 18.9 Å². The van der Waals surface area contributed by atoms with E-state index in [9.17, 15) is 4.79 Å². The van der Waals surface area contributed by atoms with Crippen LogP contribution in [0.2, 0.25) is 0 Å². The second kappa shape index (κ2) is 7.88. The van der Waals surface area contributed by atoms with E-state index in [-0.39, 0.29) is 5.91 Å². The molecule has 28 heavy (non-hydrogen) atoms. The number of hydrogen-bond acceptors (Lipinski definition) is 3. The first-order valence-corrected chi connectivity index (χ1v) is 9.06. The van der Waals surface area contributed by atoms with Gasteiger partial charge in [0.05, 0.1) is 24.8 Å². The number of carbonyl (C=O) groups excluding carboxylic acids is 1. The molecule has 0 aliphatic rings. The minimum Gasteiger partial charge on any atom is -0.330 e. The van der Waals surface area contributed by atoms with Crippen LogP contribution in [0.25, 0.3) is 11.1 Å². The highest BCUT2D eigenvalue weighted by atomic mass is 16.2. The van der Waals surface area contributed by atoms with Crippen molar-refractivity contribution in [2.45, 2.75) is 6.54 Å². The smallest absolute Gasteiger partial charge is 0.276 e. The zero-order valence-corrected chi connectivity index (χ0v) is 15.6. The molecule has 0 spiro atoms. The Kier molecular flexibility index (Phi) is 4.97. The molecule has 0 atom stereocenters. The summed E-state index contributed by atoms with van der Waals surface area (Å²) in [7, 11) is 1.82. The van der Waals surface area contributed by atoms with E-state index in [0.717, 1.165) is 22.5 Å². The van der Waals surface area contributed by atoms with E-state index in [4.69, 9.17) is 0 Å². The number of aromatic nitrogens is 3. The first-order valence-electron chi connectivity index (χ1n) is 9.06. The van der Waals surface area contributed by atoms with Crippen LogP contribution >= 0.6 is 0 Å². The van der Waals surface area contributed by atoms with E-state index in [0.29, 0.717) is 12.2 Å². The van der Waals surface area contributed by atoms with Crippen molar-refractivity contribution in [1.29, 1.82) is 0 Å². The number of hydrogen-bond donors (Lipinski definition) is 0. The predicted octanol–water partition coefficient (Wildman–Crippen LogP) is 4.33. The fourth-order valence-electron chi connectivity index (χ4n) is 3.10. The molecule has 0 aliphatic heterocycles. The van der Waals surface area contributed by atoms with Crippen molar-refractivity contribution in [1.82, 2.24) is 14.5 Å². The van der Waals surface area contributed by atoms with Gasteiger partial charge >= 0.3 is 0 Å². The molecule has 2 aromatic heterocycles. The minimum absolute atomic E-state index is 0.113. The molecule has 0 radical (unpaired) electrons. The van der Waals surface area contributed by atoms with Gasteiger partial charge in [0.15, 0.2) is 0 Å². The predicted molar refractivity (Wildman–Crippen MR) is 110 cm³/mol. The van der Waals surface area contributed by atoms with E-state index in [1.54, 1.807) is 28.2 Å². The van der Waals surface area contributed by atoms with Gasteiger partial charge in [-0.25, -0.2) is 4.98 Å². The molecule has 0 unspecified atom stereocenters. The molecule has 0 fully saturated rings. The number of rotatable bonds is 5. The SMILES string of the molecule is Cn1cncc1C(=O)N(Cc1ccccn1)c1ccc(-c2ccccc2)cc1. The molecule has 0 saturated carbocycles. The average Bonchev–Trinajstić information content (AvgIpc) is 3.19. The molecule has 2 heterocycles. The van der Waals surface area contributed by atoms with Crippen LogP contribution in [0.3, 0.4) is 0 Å². The zero-order valence-electron chi connectivity index (χ0n) is 15.6. The van der Waals surface area contributed by atoms with Crippen LogP contribution < -0.4 is 4.90 Å². The first-order chi connectivity index (χ1) is 13.7. The van der Waals surface area contributed by atoms with Gasteiger partial charge in [-0.3, -0.25) is 9.78 Å². The van der Waals surface area contributed by atoms with Crippen molar-refractivity contribution in [3.8, 4) is 11.1 Å². The highest BCUT2D eigenvalue weighted by molar-refractivity contribution is 6.04. The van der Waals surface area contributed by atoms with Crippen LogP contribution in [0.5, 0.6) is 0 Å². The lowest BCUT2D eigenvalue weighted by atomic mass is 10.1. The van der Waals surface area contributed by atoms with Gasteiger partial charge < -0.3 is 9.47 Å². The summed E-state index contributed by atoms with van der Waals surface area (Å²) >= 11 is 0. The molecule has 5 heteroatoms. The third-order valence-corrected chi connectivity index (χ3v) is 4.61. The number of benzene rings is 2. The van der Waals surface area contributed by atoms with Gasteiger partial charge in [0.25, 0.3) is 5.91 Å². The number of anilines is 1.